The summed E-state index contributed by atoms with van der Waals surface area (Å²) in [5.74, 6) is -1.56. The first-order chi connectivity index (χ1) is 15.1. The van der Waals surface area contributed by atoms with Gasteiger partial charge in [-0.25, -0.2) is 23.5 Å². The number of fused-ring (bicyclic) bond motifs is 1. The number of hydrogen-bond acceptors (Lipinski definition) is 5. The summed E-state index contributed by atoms with van der Waals surface area (Å²) >= 11 is 6.32. The first-order valence-electron chi connectivity index (χ1n) is 10.3. The van der Waals surface area contributed by atoms with Gasteiger partial charge in [0.25, 0.3) is 0 Å². The minimum absolute atomic E-state index is 0.0696. The molecule has 10 heteroatoms. The topological polar surface area (TPSA) is 83.1 Å². The zero-order valence-corrected chi connectivity index (χ0v) is 18.8. The monoisotopic (exact) mass is 463 g/mol. The van der Waals surface area contributed by atoms with Gasteiger partial charge in [0, 0.05) is 47.9 Å². The molecule has 0 bridgehead atoms. The Morgan fingerprint density at radius 2 is 2.06 bits per heavy atom. The first-order valence-corrected chi connectivity index (χ1v) is 10.7. The molecule has 1 aliphatic heterocycles. The van der Waals surface area contributed by atoms with Gasteiger partial charge in [0.05, 0.1) is 16.9 Å². The fourth-order valence-electron chi connectivity index (χ4n) is 3.71. The van der Waals surface area contributed by atoms with Crippen LogP contribution in [0.4, 0.5) is 19.5 Å². The zero-order chi connectivity index (χ0) is 23.0. The van der Waals surface area contributed by atoms with Gasteiger partial charge < -0.3 is 19.9 Å². The van der Waals surface area contributed by atoms with E-state index < -0.39 is 17.2 Å². The van der Waals surface area contributed by atoms with Crippen molar-refractivity contribution in [1.29, 1.82) is 0 Å². The summed E-state index contributed by atoms with van der Waals surface area (Å²) in [6.45, 7) is 6.57. The molecule has 1 aliphatic rings. The third-order valence-electron chi connectivity index (χ3n) is 5.13. The molecule has 1 fully saturated rings. The van der Waals surface area contributed by atoms with Gasteiger partial charge in [-0.2, -0.15) is 0 Å². The molecule has 0 saturated carbocycles. The molecule has 0 radical (unpaired) electrons. The van der Waals surface area contributed by atoms with Crippen LogP contribution in [0.5, 0.6) is 0 Å². The molecule has 7 nitrogen and oxygen atoms in total. The van der Waals surface area contributed by atoms with E-state index >= 15 is 0 Å². The summed E-state index contributed by atoms with van der Waals surface area (Å²) < 4.78 is 32.8. The van der Waals surface area contributed by atoms with Crippen LogP contribution in [-0.2, 0) is 4.74 Å². The highest BCUT2D eigenvalue weighted by Gasteiger charge is 2.28. The molecular weight excluding hydrogens is 440 g/mol. The highest BCUT2D eigenvalue weighted by Crippen LogP contribution is 2.33. The highest BCUT2D eigenvalue weighted by molar-refractivity contribution is 6.33. The summed E-state index contributed by atoms with van der Waals surface area (Å²) in [5.41, 5.74) is 0.797. The van der Waals surface area contributed by atoms with Crippen molar-refractivity contribution in [3.63, 3.8) is 0 Å². The van der Waals surface area contributed by atoms with Crippen LogP contribution >= 0.6 is 11.6 Å². The molecule has 3 heterocycles. The van der Waals surface area contributed by atoms with Crippen LogP contribution in [0.2, 0.25) is 5.02 Å². The maximum absolute atomic E-state index is 13.8. The van der Waals surface area contributed by atoms with Crippen LogP contribution in [-0.4, -0.2) is 50.7 Å². The van der Waals surface area contributed by atoms with Gasteiger partial charge in [-0.3, -0.25) is 0 Å². The average molecular weight is 464 g/mol. The molecule has 0 unspecified atom stereocenters. The van der Waals surface area contributed by atoms with Gasteiger partial charge in [-0.15, -0.1) is 0 Å². The number of carbonyl (C=O) groups excluding carboxylic acids is 1. The molecule has 4 rings (SSSR count). The number of H-pyrrole nitrogens is 1. The van der Waals surface area contributed by atoms with Crippen LogP contribution in [0.3, 0.4) is 0 Å². The zero-order valence-electron chi connectivity index (χ0n) is 18.0. The van der Waals surface area contributed by atoms with Gasteiger partial charge in [0.15, 0.2) is 11.6 Å². The Kier molecular flexibility index (Phi) is 5.94. The molecule has 0 aliphatic carbocycles. The molecular formula is C22H24ClF2N5O2. The number of halogens is 3. The van der Waals surface area contributed by atoms with Crippen molar-refractivity contribution >= 4 is 34.5 Å². The molecule has 1 saturated heterocycles. The highest BCUT2D eigenvalue weighted by atomic mass is 35.5. The number of benzene rings is 1. The maximum Gasteiger partial charge on any atom is 0.410 e. The number of piperidine rings is 1. The maximum atomic E-state index is 13.8. The molecule has 0 spiro atoms. The Bertz CT molecular complexity index is 1160. The Morgan fingerprint density at radius 3 is 2.81 bits per heavy atom. The van der Waals surface area contributed by atoms with Crippen molar-refractivity contribution in [2.24, 2.45) is 0 Å². The van der Waals surface area contributed by atoms with Crippen molar-refractivity contribution in [3.05, 3.63) is 41.2 Å². The number of amides is 1. The van der Waals surface area contributed by atoms with E-state index in [0.29, 0.717) is 41.2 Å². The predicted octanol–water partition coefficient (Wildman–Crippen LogP) is 5.37. The van der Waals surface area contributed by atoms with Gasteiger partial charge >= 0.3 is 6.09 Å². The first kappa shape index (κ1) is 22.3. The van der Waals surface area contributed by atoms with E-state index in [2.05, 4.69) is 20.3 Å². The SMILES string of the molecule is CC(C)(C)OC(=O)N1CCC[C@H](Nc2ncc(Cl)c(-c3c[nH]c4cc(F)c(F)cc34)n2)C1. The Hall–Kier alpha value is -2.94. The van der Waals surface area contributed by atoms with Gasteiger partial charge in [0.1, 0.15) is 5.60 Å². The summed E-state index contributed by atoms with van der Waals surface area (Å²) in [5, 5.41) is 3.99. The summed E-state index contributed by atoms with van der Waals surface area (Å²) in [6.07, 6.45) is 4.35. The van der Waals surface area contributed by atoms with Gasteiger partial charge in [0.2, 0.25) is 5.95 Å². The average Bonchev–Trinajstić information content (AvgIpc) is 3.11. The number of aromatic nitrogens is 3. The fraction of sp³-hybridized carbons (Fsp3) is 0.409. The van der Waals surface area contributed by atoms with E-state index in [1.54, 1.807) is 11.1 Å². The second-order valence-electron chi connectivity index (χ2n) is 8.81. The minimum Gasteiger partial charge on any atom is -0.444 e. The molecule has 1 aromatic carbocycles. The third-order valence-corrected chi connectivity index (χ3v) is 5.40. The molecule has 2 N–H and O–H groups in total. The lowest BCUT2D eigenvalue weighted by molar-refractivity contribution is 0.0206. The number of nitrogens with zero attached hydrogens (tertiary/aromatic N) is 3. The second-order valence-corrected chi connectivity index (χ2v) is 9.22. The lowest BCUT2D eigenvalue weighted by atomic mass is 10.1. The summed E-state index contributed by atoms with van der Waals surface area (Å²) in [7, 11) is 0. The van der Waals surface area contributed by atoms with E-state index in [1.807, 2.05) is 20.8 Å². The van der Waals surface area contributed by atoms with Gasteiger partial charge in [-0.1, -0.05) is 11.6 Å². The van der Waals surface area contributed by atoms with Crippen LogP contribution < -0.4 is 5.32 Å². The number of carbonyl (C=O) groups is 1. The van der Waals surface area contributed by atoms with Crippen LogP contribution in [0.1, 0.15) is 33.6 Å². The number of nitrogens with one attached hydrogen (secondary N) is 2. The number of anilines is 1. The lowest BCUT2D eigenvalue weighted by Crippen LogP contribution is -2.47. The quantitative estimate of drug-likeness (QED) is 0.545. The Morgan fingerprint density at radius 1 is 1.31 bits per heavy atom. The van der Waals surface area contributed by atoms with E-state index in [1.165, 1.54) is 6.20 Å². The minimum atomic E-state index is -0.952. The lowest BCUT2D eigenvalue weighted by Gasteiger charge is -2.34. The number of aromatic amines is 1. The molecule has 2 aromatic heterocycles. The predicted molar refractivity (Wildman–Crippen MR) is 119 cm³/mol. The van der Waals surface area contributed by atoms with Crippen molar-refractivity contribution in [1.82, 2.24) is 19.9 Å². The normalized spacial score (nSPS) is 16.9. The molecule has 170 valence electrons. The standard InChI is InChI=1S/C22H24ClF2N5O2/c1-22(2,3)32-21(31)30-6-4-5-12(11-30)28-20-27-10-15(23)19(29-20)14-9-26-18-8-17(25)16(24)7-13(14)18/h7-10,12,26H,4-6,11H2,1-3H3,(H,27,28,29)/t12-/m0/s1. The molecule has 1 atom stereocenters. The number of ether oxygens (including phenoxy) is 1. The van der Waals surface area contributed by atoms with Crippen molar-refractivity contribution in [2.75, 3.05) is 18.4 Å². The van der Waals surface area contributed by atoms with E-state index in [9.17, 15) is 13.6 Å². The third kappa shape index (κ3) is 4.77. The number of rotatable bonds is 3. The molecule has 3 aromatic rings. The van der Waals surface area contributed by atoms with Crippen LogP contribution in [0.25, 0.3) is 22.2 Å². The van der Waals surface area contributed by atoms with Crippen molar-refractivity contribution in [3.8, 4) is 11.3 Å². The number of hydrogen-bond donors (Lipinski definition) is 2. The summed E-state index contributed by atoms with van der Waals surface area (Å²) in [6, 6.07) is 2.14. The smallest absolute Gasteiger partial charge is 0.410 e. The van der Waals surface area contributed by atoms with E-state index in [0.717, 1.165) is 25.0 Å². The molecule has 32 heavy (non-hydrogen) atoms. The van der Waals surface area contributed by atoms with Crippen LogP contribution in [0, 0.1) is 11.6 Å². The number of likely N-dealkylation sites (tertiary alicyclic amines) is 1. The molecule has 1 amide bonds. The van der Waals surface area contributed by atoms with Gasteiger partial charge in [-0.05, 0) is 39.7 Å². The van der Waals surface area contributed by atoms with Crippen molar-refractivity contribution < 1.29 is 18.3 Å². The van der Waals surface area contributed by atoms with Crippen LogP contribution in [0.15, 0.2) is 24.5 Å². The second kappa shape index (κ2) is 8.54. The van der Waals surface area contributed by atoms with Crippen molar-refractivity contribution in [2.45, 2.75) is 45.3 Å². The largest absolute Gasteiger partial charge is 0.444 e. The Balaban J connectivity index is 1.55. The fourth-order valence-corrected chi connectivity index (χ4v) is 3.90. The van der Waals surface area contributed by atoms with E-state index in [-0.39, 0.29) is 17.2 Å². The summed E-state index contributed by atoms with van der Waals surface area (Å²) in [4.78, 5) is 25.8. The Labute approximate surface area is 189 Å². The van der Waals surface area contributed by atoms with E-state index in [4.69, 9.17) is 16.3 Å².